The minimum Gasteiger partial charge on any atom is -0.333 e. The number of nitrogens with zero attached hydrogens (tertiary/aromatic N) is 4. The third-order valence-electron chi connectivity index (χ3n) is 1.81. The molecule has 0 aliphatic rings. The van der Waals surface area contributed by atoms with Crippen LogP contribution in [-0.2, 0) is 13.2 Å². The summed E-state index contributed by atoms with van der Waals surface area (Å²) in [5.41, 5.74) is -1.13. The second-order valence-electron chi connectivity index (χ2n) is 2.77. The van der Waals surface area contributed by atoms with Crippen LogP contribution in [0, 0.1) is 0 Å². The molecule has 2 aromatic heterocycles. The van der Waals surface area contributed by atoms with E-state index >= 15 is 0 Å². The number of hydrogen-bond donors (Lipinski definition) is 0. The summed E-state index contributed by atoms with van der Waals surface area (Å²) in [6.45, 7) is 0. The van der Waals surface area contributed by atoms with Crippen LogP contribution in [0.1, 0.15) is 5.56 Å². The molecule has 2 rings (SSSR count). The summed E-state index contributed by atoms with van der Waals surface area (Å²) in [4.78, 5) is 3.56. The van der Waals surface area contributed by atoms with Crippen molar-refractivity contribution in [1.29, 1.82) is 0 Å². The highest BCUT2D eigenvalue weighted by Gasteiger charge is 2.37. The van der Waals surface area contributed by atoms with E-state index < -0.39 is 11.7 Å². The fourth-order valence-corrected chi connectivity index (χ4v) is 1.18. The SMILES string of the molecule is Cn1ncc(C(F)(F)F)c1-c1ncno1. The van der Waals surface area contributed by atoms with E-state index in [1.807, 2.05) is 0 Å². The molecule has 8 heteroatoms. The largest absolute Gasteiger partial charge is 0.420 e. The van der Waals surface area contributed by atoms with Gasteiger partial charge in [0.05, 0.1) is 6.20 Å². The van der Waals surface area contributed by atoms with E-state index in [0.717, 1.165) is 17.2 Å². The van der Waals surface area contributed by atoms with Crippen LogP contribution in [0.15, 0.2) is 17.0 Å². The molecule has 0 aromatic carbocycles. The van der Waals surface area contributed by atoms with Gasteiger partial charge in [-0.3, -0.25) is 4.68 Å². The average Bonchev–Trinajstić information content (AvgIpc) is 2.69. The van der Waals surface area contributed by atoms with Crippen LogP contribution >= 0.6 is 0 Å². The number of hydrogen-bond acceptors (Lipinski definition) is 4. The molecule has 0 N–H and O–H groups in total. The van der Waals surface area contributed by atoms with E-state index in [4.69, 9.17) is 0 Å². The maximum atomic E-state index is 12.5. The predicted octanol–water partition coefficient (Wildman–Crippen LogP) is 1.49. The molecule has 0 unspecified atom stereocenters. The van der Waals surface area contributed by atoms with Gasteiger partial charge in [0.25, 0.3) is 5.89 Å². The zero-order valence-electron chi connectivity index (χ0n) is 7.49. The van der Waals surface area contributed by atoms with Crippen molar-refractivity contribution in [3.8, 4) is 11.6 Å². The highest BCUT2D eigenvalue weighted by molar-refractivity contribution is 5.53. The Morgan fingerprint density at radius 2 is 2.13 bits per heavy atom. The lowest BCUT2D eigenvalue weighted by atomic mass is 10.2. The molecule has 0 aliphatic heterocycles. The summed E-state index contributed by atoms with van der Waals surface area (Å²) in [6.07, 6.45) is -2.74. The second kappa shape index (κ2) is 3.07. The van der Waals surface area contributed by atoms with Crippen LogP contribution < -0.4 is 0 Å². The summed E-state index contributed by atoms with van der Waals surface area (Å²) >= 11 is 0. The van der Waals surface area contributed by atoms with Crippen LogP contribution in [0.5, 0.6) is 0 Å². The van der Waals surface area contributed by atoms with Gasteiger partial charge in [-0.25, -0.2) is 0 Å². The van der Waals surface area contributed by atoms with E-state index in [-0.39, 0.29) is 11.6 Å². The van der Waals surface area contributed by atoms with Gasteiger partial charge in [-0.1, -0.05) is 5.16 Å². The maximum absolute atomic E-state index is 12.5. The number of rotatable bonds is 1. The highest BCUT2D eigenvalue weighted by atomic mass is 19.4. The number of aromatic nitrogens is 4. The van der Waals surface area contributed by atoms with Gasteiger partial charge in [0.2, 0.25) is 0 Å². The highest BCUT2D eigenvalue weighted by Crippen LogP contribution is 2.35. The first kappa shape index (κ1) is 9.69. The normalized spacial score (nSPS) is 12.0. The van der Waals surface area contributed by atoms with E-state index in [2.05, 4.69) is 19.8 Å². The first-order valence-corrected chi connectivity index (χ1v) is 3.86. The summed E-state index contributed by atoms with van der Waals surface area (Å²) in [5, 5.41) is 6.76. The Balaban J connectivity index is 2.60. The van der Waals surface area contributed by atoms with E-state index in [1.165, 1.54) is 7.05 Å². The third-order valence-corrected chi connectivity index (χ3v) is 1.81. The number of aryl methyl sites for hydroxylation is 1. The topological polar surface area (TPSA) is 56.7 Å². The zero-order chi connectivity index (χ0) is 11.1. The van der Waals surface area contributed by atoms with Crippen molar-refractivity contribution in [3.63, 3.8) is 0 Å². The van der Waals surface area contributed by atoms with Crippen LogP contribution in [0.4, 0.5) is 13.2 Å². The molecule has 0 saturated carbocycles. The van der Waals surface area contributed by atoms with Crippen molar-refractivity contribution in [2.45, 2.75) is 6.18 Å². The fraction of sp³-hybridized carbons (Fsp3) is 0.286. The number of halogens is 3. The lowest BCUT2D eigenvalue weighted by molar-refractivity contribution is -0.137. The molecule has 0 amide bonds. The van der Waals surface area contributed by atoms with Crippen LogP contribution in [0.3, 0.4) is 0 Å². The average molecular weight is 218 g/mol. The molecule has 0 fully saturated rings. The van der Waals surface area contributed by atoms with E-state index in [9.17, 15) is 13.2 Å². The predicted molar refractivity (Wildman–Crippen MR) is 41.5 cm³/mol. The van der Waals surface area contributed by atoms with E-state index in [0.29, 0.717) is 0 Å². The molecule has 0 aliphatic carbocycles. The quantitative estimate of drug-likeness (QED) is 0.727. The standard InChI is InChI=1S/C7H5F3N4O/c1-14-5(6-11-3-13-15-6)4(2-12-14)7(8,9)10/h2-3H,1H3. The van der Waals surface area contributed by atoms with Crippen LogP contribution in [-0.4, -0.2) is 19.9 Å². The Morgan fingerprint density at radius 1 is 1.40 bits per heavy atom. The van der Waals surface area contributed by atoms with Gasteiger partial charge in [-0.05, 0) is 0 Å². The minimum absolute atomic E-state index is 0.206. The summed E-state index contributed by atoms with van der Waals surface area (Å²) < 4.78 is 43.1. The molecule has 15 heavy (non-hydrogen) atoms. The molecule has 0 bridgehead atoms. The Kier molecular flexibility index (Phi) is 1.98. The maximum Gasteiger partial charge on any atom is 0.420 e. The van der Waals surface area contributed by atoms with Gasteiger partial charge in [0.15, 0.2) is 6.33 Å². The van der Waals surface area contributed by atoms with Crippen molar-refractivity contribution < 1.29 is 17.7 Å². The van der Waals surface area contributed by atoms with Gasteiger partial charge in [0, 0.05) is 7.05 Å². The van der Waals surface area contributed by atoms with Crippen molar-refractivity contribution in [1.82, 2.24) is 19.9 Å². The summed E-state index contributed by atoms with van der Waals surface area (Å²) in [7, 11) is 1.37. The molecular formula is C7H5F3N4O. The lowest BCUT2D eigenvalue weighted by Crippen LogP contribution is -2.06. The molecule has 0 saturated heterocycles. The monoisotopic (exact) mass is 218 g/mol. The van der Waals surface area contributed by atoms with E-state index in [1.54, 1.807) is 0 Å². The van der Waals surface area contributed by atoms with Gasteiger partial charge < -0.3 is 4.52 Å². The summed E-state index contributed by atoms with van der Waals surface area (Å²) in [5.74, 6) is -0.206. The zero-order valence-corrected chi connectivity index (χ0v) is 7.49. The molecule has 0 radical (unpaired) electrons. The Hall–Kier alpha value is -1.86. The molecule has 0 atom stereocenters. The fourth-order valence-electron chi connectivity index (χ4n) is 1.18. The first-order chi connectivity index (χ1) is 7.00. The van der Waals surface area contributed by atoms with Crippen molar-refractivity contribution in [2.75, 3.05) is 0 Å². The third kappa shape index (κ3) is 1.58. The lowest BCUT2D eigenvalue weighted by Gasteiger charge is -2.05. The smallest absolute Gasteiger partial charge is 0.333 e. The Morgan fingerprint density at radius 3 is 2.67 bits per heavy atom. The molecule has 2 aromatic rings. The minimum atomic E-state index is -4.49. The Labute approximate surface area is 81.5 Å². The van der Waals surface area contributed by atoms with Gasteiger partial charge in [-0.15, -0.1) is 0 Å². The van der Waals surface area contributed by atoms with Gasteiger partial charge >= 0.3 is 6.18 Å². The first-order valence-electron chi connectivity index (χ1n) is 3.86. The molecular weight excluding hydrogens is 213 g/mol. The van der Waals surface area contributed by atoms with Crippen LogP contribution in [0.25, 0.3) is 11.6 Å². The van der Waals surface area contributed by atoms with Gasteiger partial charge in [0.1, 0.15) is 11.3 Å². The van der Waals surface area contributed by atoms with Crippen LogP contribution in [0.2, 0.25) is 0 Å². The number of alkyl halides is 3. The second-order valence-corrected chi connectivity index (χ2v) is 2.77. The molecule has 80 valence electrons. The van der Waals surface area contributed by atoms with Gasteiger partial charge in [-0.2, -0.15) is 23.3 Å². The molecule has 5 nitrogen and oxygen atoms in total. The van der Waals surface area contributed by atoms with Crippen molar-refractivity contribution in [3.05, 3.63) is 18.1 Å². The molecule has 2 heterocycles. The van der Waals surface area contributed by atoms with Crippen molar-refractivity contribution in [2.24, 2.45) is 7.05 Å². The van der Waals surface area contributed by atoms with Crippen molar-refractivity contribution >= 4 is 0 Å². The molecule has 0 spiro atoms. The summed E-state index contributed by atoms with van der Waals surface area (Å²) in [6, 6.07) is 0. The Bertz CT molecular complexity index is 459.